The fourth-order valence-corrected chi connectivity index (χ4v) is 2.56. The molecule has 0 fully saturated rings. The molecule has 0 saturated heterocycles. The first-order valence-electron chi connectivity index (χ1n) is 8.13. The number of nitrogens with one attached hydrogen (secondary N) is 1. The van der Waals surface area contributed by atoms with Crippen molar-refractivity contribution in [1.29, 1.82) is 0 Å². The smallest absolute Gasteiger partial charge is 0.273 e. The third-order valence-corrected chi connectivity index (χ3v) is 4.22. The summed E-state index contributed by atoms with van der Waals surface area (Å²) < 4.78 is 23.8. The van der Waals surface area contributed by atoms with Gasteiger partial charge in [0, 0.05) is 23.7 Å². The maximum atomic E-state index is 13.4. The zero-order valence-electron chi connectivity index (χ0n) is 14.8. The van der Waals surface area contributed by atoms with Crippen molar-refractivity contribution in [2.75, 3.05) is 7.11 Å². The lowest BCUT2D eigenvalue weighted by Crippen LogP contribution is -2.23. The van der Waals surface area contributed by atoms with E-state index in [1.165, 1.54) is 30.9 Å². The Hall–Kier alpha value is -3.15. The minimum absolute atomic E-state index is 0.117. The van der Waals surface area contributed by atoms with Gasteiger partial charge in [-0.2, -0.15) is 0 Å². The Morgan fingerprint density at radius 3 is 2.69 bits per heavy atom. The minimum atomic E-state index is -0.407. The first-order chi connectivity index (χ1) is 12.5. The predicted octanol–water partition coefficient (Wildman–Crippen LogP) is 4.04. The maximum absolute atomic E-state index is 13.4. The van der Waals surface area contributed by atoms with Crippen LogP contribution in [0.15, 0.2) is 47.0 Å². The summed E-state index contributed by atoms with van der Waals surface area (Å²) in [7, 11) is 1.49. The van der Waals surface area contributed by atoms with Gasteiger partial charge in [-0.25, -0.2) is 4.39 Å². The standard InChI is InChI=1S/C20H19FN2O3/c1-12-4-5-14(8-13(12)2)19-10-17(23-26-19)20(24)22-11-15-9-16(21)6-7-18(15)25-3/h4-10H,11H2,1-3H3,(H,22,24). The molecule has 0 aliphatic rings. The number of hydrogen-bond donors (Lipinski definition) is 1. The highest BCUT2D eigenvalue weighted by atomic mass is 19.1. The Labute approximate surface area is 150 Å². The molecule has 5 nitrogen and oxygen atoms in total. The molecular formula is C20H19FN2O3. The van der Waals surface area contributed by atoms with Crippen LogP contribution in [0.25, 0.3) is 11.3 Å². The van der Waals surface area contributed by atoms with Crippen molar-refractivity contribution in [3.8, 4) is 17.1 Å². The van der Waals surface area contributed by atoms with Crippen molar-refractivity contribution >= 4 is 5.91 Å². The van der Waals surface area contributed by atoms with E-state index in [4.69, 9.17) is 9.26 Å². The Balaban J connectivity index is 1.72. The van der Waals surface area contributed by atoms with Gasteiger partial charge >= 0.3 is 0 Å². The molecule has 3 aromatic rings. The number of halogens is 1. The molecule has 1 heterocycles. The number of ether oxygens (including phenoxy) is 1. The lowest BCUT2D eigenvalue weighted by molar-refractivity contribution is 0.0941. The van der Waals surface area contributed by atoms with E-state index in [2.05, 4.69) is 10.5 Å². The number of carbonyl (C=O) groups is 1. The van der Waals surface area contributed by atoms with Gasteiger partial charge in [0.1, 0.15) is 11.6 Å². The highest BCUT2D eigenvalue weighted by Gasteiger charge is 2.15. The molecule has 6 heteroatoms. The number of methoxy groups -OCH3 is 1. The third-order valence-electron chi connectivity index (χ3n) is 4.22. The van der Waals surface area contributed by atoms with E-state index in [0.29, 0.717) is 17.1 Å². The minimum Gasteiger partial charge on any atom is -0.496 e. The van der Waals surface area contributed by atoms with Gasteiger partial charge in [-0.1, -0.05) is 17.3 Å². The van der Waals surface area contributed by atoms with E-state index in [-0.39, 0.29) is 12.2 Å². The van der Waals surface area contributed by atoms with Gasteiger partial charge in [0.2, 0.25) is 0 Å². The molecule has 0 spiro atoms. The van der Waals surface area contributed by atoms with E-state index >= 15 is 0 Å². The lowest BCUT2D eigenvalue weighted by Gasteiger charge is -2.09. The summed E-state index contributed by atoms with van der Waals surface area (Å²) in [6.07, 6.45) is 0. The highest BCUT2D eigenvalue weighted by Crippen LogP contribution is 2.23. The summed E-state index contributed by atoms with van der Waals surface area (Å²) in [6.45, 7) is 4.15. The van der Waals surface area contributed by atoms with Gasteiger partial charge in [-0.15, -0.1) is 0 Å². The number of carbonyl (C=O) groups excluding carboxylic acids is 1. The Morgan fingerprint density at radius 2 is 1.96 bits per heavy atom. The van der Waals surface area contributed by atoms with E-state index in [1.54, 1.807) is 6.07 Å². The maximum Gasteiger partial charge on any atom is 0.273 e. The molecule has 26 heavy (non-hydrogen) atoms. The fraction of sp³-hybridized carbons (Fsp3) is 0.200. The first kappa shape index (κ1) is 17.7. The third kappa shape index (κ3) is 3.74. The van der Waals surface area contributed by atoms with Gasteiger partial charge in [-0.05, 0) is 49.2 Å². The van der Waals surface area contributed by atoms with E-state index < -0.39 is 11.7 Å². The molecule has 0 aliphatic carbocycles. The summed E-state index contributed by atoms with van der Waals surface area (Å²) in [5.74, 6) is 0.216. The van der Waals surface area contributed by atoms with Gasteiger partial charge in [0.05, 0.1) is 7.11 Å². The predicted molar refractivity (Wildman–Crippen MR) is 95.5 cm³/mol. The number of benzene rings is 2. The second kappa shape index (κ2) is 7.39. The van der Waals surface area contributed by atoms with Crippen LogP contribution in [0, 0.1) is 19.7 Å². The van der Waals surface area contributed by atoms with E-state index in [1.807, 2.05) is 32.0 Å². The number of aromatic nitrogens is 1. The van der Waals surface area contributed by atoms with Crippen molar-refractivity contribution in [2.45, 2.75) is 20.4 Å². The van der Waals surface area contributed by atoms with Crippen LogP contribution in [0.4, 0.5) is 4.39 Å². The van der Waals surface area contributed by atoms with Crippen LogP contribution in [0.2, 0.25) is 0 Å². The molecule has 0 saturated carbocycles. The molecular weight excluding hydrogens is 335 g/mol. The molecule has 0 bridgehead atoms. The van der Waals surface area contributed by atoms with Gasteiger partial charge in [-0.3, -0.25) is 4.79 Å². The average molecular weight is 354 g/mol. The van der Waals surface area contributed by atoms with Crippen LogP contribution in [0.1, 0.15) is 27.2 Å². The zero-order chi connectivity index (χ0) is 18.7. The number of rotatable bonds is 5. The van der Waals surface area contributed by atoms with E-state index in [0.717, 1.165) is 11.1 Å². The molecule has 0 atom stereocenters. The summed E-state index contributed by atoms with van der Waals surface area (Å²) >= 11 is 0. The topological polar surface area (TPSA) is 64.4 Å². The second-order valence-electron chi connectivity index (χ2n) is 6.01. The average Bonchev–Trinajstić information content (AvgIpc) is 3.12. The van der Waals surface area contributed by atoms with Crippen LogP contribution in [0.3, 0.4) is 0 Å². The van der Waals surface area contributed by atoms with Crippen LogP contribution in [0.5, 0.6) is 5.75 Å². The van der Waals surface area contributed by atoms with Crippen molar-refractivity contribution in [3.05, 3.63) is 70.7 Å². The number of nitrogens with zero attached hydrogens (tertiary/aromatic N) is 1. The molecule has 0 radical (unpaired) electrons. The summed E-state index contributed by atoms with van der Waals surface area (Å²) in [4.78, 5) is 12.3. The van der Waals surface area contributed by atoms with Gasteiger partial charge < -0.3 is 14.6 Å². The monoisotopic (exact) mass is 354 g/mol. The number of hydrogen-bond acceptors (Lipinski definition) is 4. The number of aryl methyl sites for hydroxylation is 2. The summed E-state index contributed by atoms with van der Waals surface area (Å²) in [5.41, 5.74) is 3.86. The molecule has 1 aromatic heterocycles. The van der Waals surface area contributed by atoms with Crippen molar-refractivity contribution in [2.24, 2.45) is 0 Å². The van der Waals surface area contributed by atoms with Crippen LogP contribution < -0.4 is 10.1 Å². The van der Waals surface area contributed by atoms with Crippen molar-refractivity contribution < 1.29 is 18.4 Å². The molecule has 2 aromatic carbocycles. The molecule has 1 N–H and O–H groups in total. The SMILES string of the molecule is COc1ccc(F)cc1CNC(=O)c1cc(-c2ccc(C)c(C)c2)on1. The zero-order valence-corrected chi connectivity index (χ0v) is 14.8. The normalized spacial score (nSPS) is 10.6. The largest absolute Gasteiger partial charge is 0.496 e. The van der Waals surface area contributed by atoms with Crippen LogP contribution >= 0.6 is 0 Å². The summed E-state index contributed by atoms with van der Waals surface area (Å²) in [6, 6.07) is 11.6. The number of amides is 1. The second-order valence-corrected chi connectivity index (χ2v) is 6.01. The van der Waals surface area contributed by atoms with Crippen molar-refractivity contribution in [3.63, 3.8) is 0 Å². The Bertz CT molecular complexity index is 950. The van der Waals surface area contributed by atoms with E-state index in [9.17, 15) is 9.18 Å². The fourth-order valence-electron chi connectivity index (χ4n) is 2.56. The molecule has 1 amide bonds. The molecule has 0 unspecified atom stereocenters. The van der Waals surface area contributed by atoms with Gasteiger partial charge in [0.25, 0.3) is 5.91 Å². The molecule has 3 rings (SSSR count). The quantitative estimate of drug-likeness (QED) is 0.751. The Morgan fingerprint density at radius 1 is 1.15 bits per heavy atom. The Kier molecular flexibility index (Phi) is 5.02. The molecule has 0 aliphatic heterocycles. The van der Waals surface area contributed by atoms with Crippen molar-refractivity contribution in [1.82, 2.24) is 10.5 Å². The lowest BCUT2D eigenvalue weighted by atomic mass is 10.0. The van der Waals surface area contributed by atoms with Crippen LogP contribution in [-0.2, 0) is 6.54 Å². The van der Waals surface area contributed by atoms with Crippen LogP contribution in [-0.4, -0.2) is 18.2 Å². The summed E-state index contributed by atoms with van der Waals surface area (Å²) in [5, 5.41) is 6.52. The highest BCUT2D eigenvalue weighted by molar-refractivity contribution is 5.93. The molecule has 134 valence electrons. The first-order valence-corrected chi connectivity index (χ1v) is 8.13. The van der Waals surface area contributed by atoms with Gasteiger partial charge in [0.15, 0.2) is 11.5 Å².